The summed E-state index contributed by atoms with van der Waals surface area (Å²) in [5, 5.41) is 5.23. The molecule has 1 aliphatic rings. The van der Waals surface area contributed by atoms with E-state index >= 15 is 0 Å². The van der Waals surface area contributed by atoms with Crippen molar-refractivity contribution in [3.05, 3.63) is 22.2 Å². The average molecular weight is 305 g/mol. The van der Waals surface area contributed by atoms with Gasteiger partial charge in [0.1, 0.15) is 0 Å². The second-order valence-electron chi connectivity index (χ2n) is 4.66. The second-order valence-corrected chi connectivity index (χ2v) is 6.55. The molecule has 0 bridgehead atoms. The lowest BCUT2D eigenvalue weighted by Crippen LogP contribution is -2.34. The highest BCUT2D eigenvalue weighted by molar-refractivity contribution is 7.99. The van der Waals surface area contributed by atoms with Crippen LogP contribution in [0, 0.1) is 0 Å². The fraction of sp³-hybridized carbons (Fsp3) is 0.538. The molecule has 0 amide bonds. The van der Waals surface area contributed by atoms with Gasteiger partial charge >= 0.3 is 0 Å². The van der Waals surface area contributed by atoms with Gasteiger partial charge in [0, 0.05) is 11.3 Å². The normalized spacial score (nSPS) is 23.9. The number of hydrogen-bond donors (Lipinski definition) is 2. The molecule has 0 saturated heterocycles. The van der Waals surface area contributed by atoms with Crippen LogP contribution in [0.5, 0.6) is 0 Å². The first-order valence-electron chi connectivity index (χ1n) is 6.15. The first-order chi connectivity index (χ1) is 8.61. The van der Waals surface area contributed by atoms with Crippen molar-refractivity contribution in [2.75, 3.05) is 17.3 Å². The average Bonchev–Trinajstić information content (AvgIpc) is 2.36. The summed E-state index contributed by atoms with van der Waals surface area (Å²) < 4.78 is 0. The molecule has 5 heteroatoms. The summed E-state index contributed by atoms with van der Waals surface area (Å²) in [6.45, 7) is 0. The highest BCUT2D eigenvalue weighted by Crippen LogP contribution is 2.34. The predicted molar refractivity (Wildman–Crippen MR) is 84.1 cm³/mol. The third kappa shape index (κ3) is 3.19. The van der Waals surface area contributed by atoms with Crippen LogP contribution < -0.4 is 11.1 Å². The molecule has 2 rings (SSSR count). The molecule has 0 heterocycles. The van der Waals surface area contributed by atoms with Gasteiger partial charge in [0.2, 0.25) is 0 Å². The van der Waals surface area contributed by atoms with Crippen molar-refractivity contribution >= 4 is 46.3 Å². The zero-order chi connectivity index (χ0) is 13.1. The Hall–Kier alpha value is -0.250. The molecule has 3 N–H and O–H groups in total. The summed E-state index contributed by atoms with van der Waals surface area (Å²) in [6, 6.07) is 4.00. The maximum atomic E-state index is 6.04. The summed E-state index contributed by atoms with van der Waals surface area (Å²) in [4.78, 5) is 0. The van der Waals surface area contributed by atoms with Gasteiger partial charge in [-0.1, -0.05) is 36.0 Å². The first kappa shape index (κ1) is 14.2. The lowest BCUT2D eigenvalue weighted by molar-refractivity contribution is 0.475. The van der Waals surface area contributed by atoms with Gasteiger partial charge in [-0.2, -0.15) is 11.8 Å². The molecular formula is C13H18Cl2N2S. The molecule has 1 aromatic carbocycles. The van der Waals surface area contributed by atoms with Gasteiger partial charge in [-0.25, -0.2) is 0 Å². The van der Waals surface area contributed by atoms with E-state index in [1.807, 2.05) is 17.8 Å². The number of thioether (sulfide) groups is 1. The Bertz CT molecular complexity index is 426. The van der Waals surface area contributed by atoms with Gasteiger partial charge in [-0.15, -0.1) is 0 Å². The maximum absolute atomic E-state index is 6.04. The molecule has 0 aliphatic heterocycles. The second kappa shape index (κ2) is 6.27. The Morgan fingerprint density at radius 3 is 2.61 bits per heavy atom. The van der Waals surface area contributed by atoms with Crippen LogP contribution >= 0.6 is 35.0 Å². The Labute approximate surface area is 123 Å². The summed E-state index contributed by atoms with van der Waals surface area (Å²) in [5.74, 6) is 0. The zero-order valence-electron chi connectivity index (χ0n) is 10.4. The number of nitrogen functional groups attached to an aromatic ring is 1. The van der Waals surface area contributed by atoms with Crippen molar-refractivity contribution in [3.63, 3.8) is 0 Å². The van der Waals surface area contributed by atoms with E-state index in [0.29, 0.717) is 27.0 Å². The quantitative estimate of drug-likeness (QED) is 0.798. The molecular weight excluding hydrogens is 287 g/mol. The van der Waals surface area contributed by atoms with Crippen molar-refractivity contribution in [2.45, 2.75) is 37.0 Å². The Kier molecular flexibility index (Phi) is 4.93. The topological polar surface area (TPSA) is 38.0 Å². The number of anilines is 2. The van der Waals surface area contributed by atoms with Crippen molar-refractivity contribution in [1.82, 2.24) is 0 Å². The Balaban J connectivity index is 2.15. The van der Waals surface area contributed by atoms with Crippen molar-refractivity contribution in [1.29, 1.82) is 0 Å². The molecule has 2 atom stereocenters. The van der Waals surface area contributed by atoms with Gasteiger partial charge in [0.25, 0.3) is 0 Å². The molecule has 18 heavy (non-hydrogen) atoms. The van der Waals surface area contributed by atoms with E-state index in [1.165, 1.54) is 25.7 Å². The molecule has 2 nitrogen and oxygen atoms in total. The molecule has 1 fully saturated rings. The van der Waals surface area contributed by atoms with Gasteiger partial charge in [-0.05, 0) is 31.2 Å². The van der Waals surface area contributed by atoms with E-state index in [-0.39, 0.29) is 0 Å². The van der Waals surface area contributed by atoms with Crippen LogP contribution in [0.4, 0.5) is 11.4 Å². The number of benzene rings is 1. The molecule has 100 valence electrons. The summed E-state index contributed by atoms with van der Waals surface area (Å²) in [6.07, 6.45) is 7.21. The van der Waals surface area contributed by atoms with Crippen LogP contribution in [0.1, 0.15) is 25.7 Å². The van der Waals surface area contributed by atoms with E-state index in [4.69, 9.17) is 28.9 Å². The third-order valence-electron chi connectivity index (χ3n) is 3.44. The Morgan fingerprint density at radius 2 is 1.89 bits per heavy atom. The first-order valence-corrected chi connectivity index (χ1v) is 8.20. The number of rotatable bonds is 3. The smallest absolute Gasteiger partial charge is 0.0614 e. The van der Waals surface area contributed by atoms with Crippen LogP contribution in [0.3, 0.4) is 0 Å². The standard InChI is InChI=1S/C13H18Cl2N2S/c1-18-13-5-3-2-4-11(13)17-12-7-9(15)8(14)6-10(12)16/h6-7,11,13,17H,2-5,16H2,1H3. The number of halogens is 2. The van der Waals surface area contributed by atoms with Crippen LogP contribution in [0.2, 0.25) is 10.0 Å². The van der Waals surface area contributed by atoms with Gasteiger partial charge < -0.3 is 11.1 Å². The summed E-state index contributed by atoms with van der Waals surface area (Å²) >= 11 is 13.9. The molecule has 0 aromatic heterocycles. The molecule has 1 saturated carbocycles. The van der Waals surface area contributed by atoms with Gasteiger partial charge in [0.15, 0.2) is 0 Å². The molecule has 1 aromatic rings. The van der Waals surface area contributed by atoms with Crippen molar-refractivity contribution in [3.8, 4) is 0 Å². The molecule has 2 unspecified atom stereocenters. The van der Waals surface area contributed by atoms with Crippen molar-refractivity contribution < 1.29 is 0 Å². The lowest BCUT2D eigenvalue weighted by Gasteiger charge is -2.32. The fourth-order valence-electron chi connectivity index (χ4n) is 2.43. The minimum atomic E-state index is 0.466. The summed E-state index contributed by atoms with van der Waals surface area (Å²) in [7, 11) is 0. The molecule has 0 spiro atoms. The van der Waals surface area contributed by atoms with E-state index < -0.39 is 0 Å². The number of nitrogens with one attached hydrogen (secondary N) is 1. The van der Waals surface area contributed by atoms with Gasteiger partial charge in [0.05, 0.1) is 21.4 Å². The van der Waals surface area contributed by atoms with Crippen LogP contribution in [0.25, 0.3) is 0 Å². The molecule has 1 aliphatic carbocycles. The van der Waals surface area contributed by atoms with Crippen LogP contribution in [-0.4, -0.2) is 17.5 Å². The summed E-state index contributed by atoms with van der Waals surface area (Å²) in [5.41, 5.74) is 7.54. The lowest BCUT2D eigenvalue weighted by atomic mass is 9.94. The van der Waals surface area contributed by atoms with Crippen LogP contribution in [0.15, 0.2) is 12.1 Å². The molecule has 0 radical (unpaired) electrons. The Morgan fingerprint density at radius 1 is 1.22 bits per heavy atom. The highest BCUT2D eigenvalue weighted by Gasteiger charge is 2.24. The predicted octanol–water partition coefficient (Wildman–Crippen LogP) is 4.66. The SMILES string of the molecule is CSC1CCCCC1Nc1cc(Cl)c(Cl)cc1N. The van der Waals surface area contributed by atoms with E-state index in [2.05, 4.69) is 11.6 Å². The van der Waals surface area contributed by atoms with Gasteiger partial charge in [-0.3, -0.25) is 0 Å². The maximum Gasteiger partial charge on any atom is 0.0614 e. The largest absolute Gasteiger partial charge is 0.397 e. The zero-order valence-corrected chi connectivity index (χ0v) is 12.7. The number of nitrogens with two attached hydrogens (primary N) is 1. The minimum Gasteiger partial charge on any atom is -0.397 e. The fourth-order valence-corrected chi connectivity index (χ4v) is 3.70. The number of hydrogen-bond acceptors (Lipinski definition) is 3. The van der Waals surface area contributed by atoms with E-state index in [0.717, 1.165) is 5.69 Å². The third-order valence-corrected chi connectivity index (χ3v) is 5.33. The van der Waals surface area contributed by atoms with E-state index in [9.17, 15) is 0 Å². The monoisotopic (exact) mass is 304 g/mol. The van der Waals surface area contributed by atoms with Crippen molar-refractivity contribution in [2.24, 2.45) is 0 Å². The van der Waals surface area contributed by atoms with Crippen LogP contribution in [-0.2, 0) is 0 Å². The minimum absolute atomic E-state index is 0.466. The highest BCUT2D eigenvalue weighted by atomic mass is 35.5. The van der Waals surface area contributed by atoms with E-state index in [1.54, 1.807) is 6.07 Å².